The van der Waals surface area contributed by atoms with Gasteiger partial charge in [0.1, 0.15) is 5.75 Å². The van der Waals surface area contributed by atoms with Crippen LogP contribution in [-0.4, -0.2) is 12.9 Å². The number of carbonyl (C=O) groups excluding carboxylic acids is 1. The monoisotopic (exact) mass is 352 g/mol. The van der Waals surface area contributed by atoms with E-state index in [1.807, 2.05) is 25.1 Å². The van der Waals surface area contributed by atoms with Crippen molar-refractivity contribution >= 4 is 33.3 Å². The first-order valence-corrected chi connectivity index (χ1v) is 7.30. The Bertz CT molecular complexity index is 653. The van der Waals surface area contributed by atoms with E-state index in [2.05, 4.69) is 15.9 Å². The van der Waals surface area contributed by atoms with Gasteiger partial charge in [0.05, 0.1) is 7.11 Å². The molecule has 0 aliphatic heterocycles. The zero-order valence-corrected chi connectivity index (χ0v) is 13.6. The van der Waals surface area contributed by atoms with E-state index in [4.69, 9.17) is 16.3 Å². The number of ether oxygens (including phenoxy) is 1. The standard InChI is InChI=1S/C16H14BrClO2/c1-10-3-6-16(20-2)11(7-10)8-15(19)13-5-4-12(18)9-14(13)17/h3-7,9H,8H2,1-2H3. The van der Waals surface area contributed by atoms with Crippen LogP contribution in [-0.2, 0) is 6.42 Å². The van der Waals surface area contributed by atoms with Crippen LogP contribution in [0.25, 0.3) is 0 Å². The lowest BCUT2D eigenvalue weighted by Crippen LogP contribution is -2.06. The quantitative estimate of drug-likeness (QED) is 0.735. The van der Waals surface area contributed by atoms with Gasteiger partial charge < -0.3 is 4.74 Å². The highest BCUT2D eigenvalue weighted by molar-refractivity contribution is 9.10. The second kappa shape index (κ2) is 6.42. The second-order valence-corrected chi connectivity index (χ2v) is 5.83. The maximum Gasteiger partial charge on any atom is 0.168 e. The van der Waals surface area contributed by atoms with Gasteiger partial charge >= 0.3 is 0 Å². The predicted molar refractivity (Wildman–Crippen MR) is 84.9 cm³/mol. The first kappa shape index (κ1) is 15.1. The lowest BCUT2D eigenvalue weighted by molar-refractivity contribution is 0.0991. The first-order valence-electron chi connectivity index (χ1n) is 6.13. The van der Waals surface area contributed by atoms with Crippen LogP contribution in [0, 0.1) is 6.92 Å². The summed E-state index contributed by atoms with van der Waals surface area (Å²) in [6.45, 7) is 1.99. The van der Waals surface area contributed by atoms with Crippen molar-refractivity contribution in [3.05, 3.63) is 62.6 Å². The third-order valence-electron chi connectivity index (χ3n) is 3.02. The maximum atomic E-state index is 12.4. The maximum absolute atomic E-state index is 12.4. The molecule has 2 nitrogen and oxygen atoms in total. The number of rotatable bonds is 4. The topological polar surface area (TPSA) is 26.3 Å². The molecular weight excluding hydrogens is 340 g/mol. The second-order valence-electron chi connectivity index (χ2n) is 4.54. The molecule has 0 aliphatic rings. The van der Waals surface area contributed by atoms with Gasteiger partial charge in [0.15, 0.2) is 5.78 Å². The summed E-state index contributed by atoms with van der Waals surface area (Å²) >= 11 is 9.26. The van der Waals surface area contributed by atoms with Crippen LogP contribution in [0.4, 0.5) is 0 Å². The van der Waals surface area contributed by atoms with E-state index < -0.39 is 0 Å². The zero-order chi connectivity index (χ0) is 14.7. The van der Waals surface area contributed by atoms with E-state index in [1.165, 1.54) is 0 Å². The fraction of sp³-hybridized carbons (Fsp3) is 0.188. The van der Waals surface area contributed by atoms with Crippen LogP contribution in [0.5, 0.6) is 5.75 Å². The summed E-state index contributed by atoms with van der Waals surface area (Å²) in [7, 11) is 1.61. The van der Waals surface area contributed by atoms with Crippen LogP contribution >= 0.6 is 27.5 Å². The highest BCUT2D eigenvalue weighted by atomic mass is 79.9. The van der Waals surface area contributed by atoms with E-state index in [0.29, 0.717) is 21.5 Å². The molecule has 0 bridgehead atoms. The number of aryl methyl sites for hydroxylation is 1. The molecule has 0 saturated heterocycles. The van der Waals surface area contributed by atoms with Gasteiger partial charge in [-0.2, -0.15) is 0 Å². The molecule has 0 saturated carbocycles. The molecule has 2 aromatic carbocycles. The summed E-state index contributed by atoms with van der Waals surface area (Å²) in [5.41, 5.74) is 2.61. The Morgan fingerprint density at radius 3 is 2.65 bits per heavy atom. The molecule has 0 heterocycles. The minimum atomic E-state index is 0.0254. The highest BCUT2D eigenvalue weighted by Gasteiger charge is 2.14. The fourth-order valence-corrected chi connectivity index (χ4v) is 2.93. The lowest BCUT2D eigenvalue weighted by Gasteiger charge is -2.10. The van der Waals surface area contributed by atoms with Crippen molar-refractivity contribution in [3.8, 4) is 5.75 Å². The number of carbonyl (C=O) groups is 1. The van der Waals surface area contributed by atoms with E-state index in [0.717, 1.165) is 16.9 Å². The van der Waals surface area contributed by atoms with Crippen molar-refractivity contribution in [2.75, 3.05) is 7.11 Å². The van der Waals surface area contributed by atoms with Crippen LogP contribution in [0.3, 0.4) is 0 Å². The zero-order valence-electron chi connectivity index (χ0n) is 11.2. The largest absolute Gasteiger partial charge is 0.496 e. The van der Waals surface area contributed by atoms with Gasteiger partial charge in [-0.1, -0.05) is 29.3 Å². The van der Waals surface area contributed by atoms with Crippen LogP contribution in [0.2, 0.25) is 5.02 Å². The molecule has 0 spiro atoms. The number of halogens is 2. The molecule has 20 heavy (non-hydrogen) atoms. The Balaban J connectivity index is 2.30. The predicted octanol–water partition coefficient (Wildman–Crippen LogP) is 4.84. The van der Waals surface area contributed by atoms with Crippen molar-refractivity contribution in [2.24, 2.45) is 0 Å². The Morgan fingerprint density at radius 1 is 1.25 bits per heavy atom. The van der Waals surface area contributed by atoms with Gasteiger partial charge in [-0.3, -0.25) is 4.79 Å². The number of Topliss-reactive ketones (excluding diaryl/α,β-unsaturated/α-hetero) is 1. The smallest absolute Gasteiger partial charge is 0.168 e. The summed E-state index contributed by atoms with van der Waals surface area (Å²) in [6.07, 6.45) is 0.297. The summed E-state index contributed by atoms with van der Waals surface area (Å²) in [5.74, 6) is 0.756. The molecule has 0 atom stereocenters. The van der Waals surface area contributed by atoms with Crippen molar-refractivity contribution in [3.63, 3.8) is 0 Å². The summed E-state index contributed by atoms with van der Waals surface area (Å²) < 4.78 is 6.01. The summed E-state index contributed by atoms with van der Waals surface area (Å²) in [5, 5.41) is 0.599. The molecular formula is C16H14BrClO2. The number of hydrogen-bond donors (Lipinski definition) is 0. The number of hydrogen-bond acceptors (Lipinski definition) is 2. The molecule has 0 N–H and O–H groups in total. The average Bonchev–Trinajstić information content (AvgIpc) is 2.38. The number of benzene rings is 2. The third kappa shape index (κ3) is 3.41. The molecule has 0 amide bonds. The van der Waals surface area contributed by atoms with E-state index >= 15 is 0 Å². The van der Waals surface area contributed by atoms with Crippen LogP contribution in [0.15, 0.2) is 40.9 Å². The van der Waals surface area contributed by atoms with Gasteiger partial charge in [-0.15, -0.1) is 0 Å². The third-order valence-corrected chi connectivity index (χ3v) is 3.91. The Kier molecular flexibility index (Phi) is 4.84. The molecule has 0 aliphatic carbocycles. The lowest BCUT2D eigenvalue weighted by atomic mass is 10.0. The van der Waals surface area contributed by atoms with Crippen molar-refractivity contribution in [1.82, 2.24) is 0 Å². The Labute approximate surface area is 131 Å². The molecule has 2 rings (SSSR count). The van der Waals surface area contributed by atoms with E-state index in [-0.39, 0.29) is 5.78 Å². The molecule has 0 aromatic heterocycles. The molecule has 4 heteroatoms. The molecule has 0 unspecified atom stereocenters. The minimum Gasteiger partial charge on any atom is -0.496 e. The fourth-order valence-electron chi connectivity index (χ4n) is 2.03. The van der Waals surface area contributed by atoms with Gasteiger partial charge in [-0.25, -0.2) is 0 Å². The average molecular weight is 354 g/mol. The van der Waals surface area contributed by atoms with Crippen LogP contribution < -0.4 is 4.74 Å². The van der Waals surface area contributed by atoms with Gasteiger partial charge in [0.25, 0.3) is 0 Å². The highest BCUT2D eigenvalue weighted by Crippen LogP contribution is 2.25. The molecule has 0 radical (unpaired) electrons. The van der Waals surface area contributed by atoms with E-state index in [1.54, 1.807) is 25.3 Å². The van der Waals surface area contributed by atoms with Crippen LogP contribution in [0.1, 0.15) is 21.5 Å². The summed E-state index contributed by atoms with van der Waals surface area (Å²) in [6, 6.07) is 11.0. The van der Waals surface area contributed by atoms with Gasteiger partial charge in [0.2, 0.25) is 0 Å². The van der Waals surface area contributed by atoms with Crippen molar-refractivity contribution in [1.29, 1.82) is 0 Å². The Hall–Kier alpha value is -1.32. The Morgan fingerprint density at radius 2 is 2.00 bits per heavy atom. The molecule has 104 valence electrons. The van der Waals surface area contributed by atoms with Crippen molar-refractivity contribution in [2.45, 2.75) is 13.3 Å². The molecule has 0 fully saturated rings. The SMILES string of the molecule is COc1ccc(C)cc1CC(=O)c1ccc(Cl)cc1Br. The van der Waals surface area contributed by atoms with Crippen molar-refractivity contribution < 1.29 is 9.53 Å². The normalized spacial score (nSPS) is 10.4. The van der Waals surface area contributed by atoms with E-state index in [9.17, 15) is 4.79 Å². The minimum absolute atomic E-state index is 0.0254. The number of ketones is 1. The van der Waals surface area contributed by atoms with Gasteiger partial charge in [0, 0.05) is 27.0 Å². The molecule has 2 aromatic rings. The first-order chi connectivity index (χ1) is 9.51. The number of methoxy groups -OCH3 is 1. The van der Waals surface area contributed by atoms with Gasteiger partial charge in [-0.05, 0) is 47.1 Å². The summed E-state index contributed by atoms with van der Waals surface area (Å²) in [4.78, 5) is 12.4.